The first-order chi connectivity index (χ1) is 16.0. The smallest absolute Gasteiger partial charge is 0.277 e. The van der Waals surface area contributed by atoms with Crippen LogP contribution in [0, 0.1) is 6.92 Å². The van der Waals surface area contributed by atoms with Crippen LogP contribution in [-0.2, 0) is 0 Å². The molecule has 4 aromatic rings. The van der Waals surface area contributed by atoms with Gasteiger partial charge in [0.15, 0.2) is 11.5 Å². The number of aromatic amines is 1. The summed E-state index contributed by atoms with van der Waals surface area (Å²) >= 11 is 3.48. The molecule has 0 saturated carbocycles. The van der Waals surface area contributed by atoms with E-state index in [1.54, 1.807) is 17.0 Å². The number of fused-ring (bicyclic) bond motifs is 1. The van der Waals surface area contributed by atoms with Crippen molar-refractivity contribution in [3.63, 3.8) is 0 Å². The quantitative estimate of drug-likeness (QED) is 0.350. The molecule has 0 radical (unpaired) electrons. The molecule has 2 N–H and O–H groups in total. The lowest BCUT2D eigenvalue weighted by Crippen LogP contribution is -2.29. The fraction of sp³-hybridized carbons (Fsp3) is 0.154. The van der Waals surface area contributed by atoms with Crippen molar-refractivity contribution in [3.8, 4) is 22.8 Å². The maximum absolute atomic E-state index is 13.6. The van der Waals surface area contributed by atoms with Crippen LogP contribution in [-0.4, -0.2) is 27.8 Å². The minimum Gasteiger partial charge on any atom is -0.504 e. The Balaban J connectivity index is 1.72. The standard InChI is InChI=1S/C26H22BrN3O3/c1-3-33-21-14-17(8-13-20(21)31)25-22-23(16-6-9-18(27)10-7-16)28-29-24(22)26(32)30(25)19-11-4-15(2)5-12-19/h4-14,25,31H,3H2,1-2H3,(H,28,29)/t25-/m1/s1. The summed E-state index contributed by atoms with van der Waals surface area (Å²) in [6.07, 6.45) is 0. The highest BCUT2D eigenvalue weighted by Crippen LogP contribution is 2.46. The molecule has 1 aliphatic rings. The Bertz CT molecular complexity index is 1330. The Hall–Kier alpha value is -3.58. The van der Waals surface area contributed by atoms with Gasteiger partial charge in [0.05, 0.1) is 18.3 Å². The number of aromatic nitrogens is 2. The van der Waals surface area contributed by atoms with E-state index in [1.807, 2.05) is 68.4 Å². The van der Waals surface area contributed by atoms with Crippen molar-refractivity contribution in [3.05, 3.63) is 93.6 Å². The minimum atomic E-state index is -0.438. The highest BCUT2D eigenvalue weighted by molar-refractivity contribution is 9.10. The van der Waals surface area contributed by atoms with Crippen molar-refractivity contribution in [2.45, 2.75) is 19.9 Å². The van der Waals surface area contributed by atoms with Crippen molar-refractivity contribution < 1.29 is 14.6 Å². The Kier molecular flexibility index (Phi) is 5.42. The highest BCUT2D eigenvalue weighted by Gasteiger charge is 2.43. The number of nitrogens with zero attached hydrogens (tertiary/aromatic N) is 2. The number of nitrogens with one attached hydrogen (secondary N) is 1. The molecule has 5 rings (SSSR count). The van der Waals surface area contributed by atoms with E-state index in [1.165, 1.54) is 0 Å². The van der Waals surface area contributed by atoms with Crippen molar-refractivity contribution in [1.29, 1.82) is 0 Å². The summed E-state index contributed by atoms with van der Waals surface area (Å²) in [5.74, 6) is 0.293. The van der Waals surface area contributed by atoms with Crippen molar-refractivity contribution in [2.75, 3.05) is 11.5 Å². The molecule has 0 fully saturated rings. The number of anilines is 1. The van der Waals surface area contributed by atoms with Crippen LogP contribution >= 0.6 is 15.9 Å². The summed E-state index contributed by atoms with van der Waals surface area (Å²) in [5, 5.41) is 17.8. The number of hydrogen-bond donors (Lipinski definition) is 2. The number of phenols is 1. The van der Waals surface area contributed by atoms with Crippen molar-refractivity contribution in [2.24, 2.45) is 0 Å². The molecule has 166 valence electrons. The van der Waals surface area contributed by atoms with Crippen LogP contribution < -0.4 is 9.64 Å². The largest absolute Gasteiger partial charge is 0.504 e. The summed E-state index contributed by atoms with van der Waals surface area (Å²) in [5.41, 5.74) is 5.61. The second-order valence-electron chi connectivity index (χ2n) is 7.94. The van der Waals surface area contributed by atoms with Gasteiger partial charge in [0, 0.05) is 21.3 Å². The fourth-order valence-corrected chi connectivity index (χ4v) is 4.50. The van der Waals surface area contributed by atoms with Crippen LogP contribution in [0.5, 0.6) is 11.5 Å². The van der Waals surface area contributed by atoms with Gasteiger partial charge in [0.1, 0.15) is 5.69 Å². The fourth-order valence-electron chi connectivity index (χ4n) is 4.23. The number of aryl methyl sites for hydroxylation is 1. The third kappa shape index (κ3) is 3.68. The molecule has 3 aromatic carbocycles. The summed E-state index contributed by atoms with van der Waals surface area (Å²) in [7, 11) is 0. The Morgan fingerprint density at radius 1 is 1.09 bits per heavy atom. The number of ether oxygens (including phenoxy) is 1. The summed E-state index contributed by atoms with van der Waals surface area (Å²) in [6.45, 7) is 4.30. The lowest BCUT2D eigenvalue weighted by Gasteiger charge is -2.27. The number of halogens is 1. The van der Waals surface area contributed by atoms with Crippen LogP contribution in [0.25, 0.3) is 11.3 Å². The zero-order chi connectivity index (χ0) is 23.1. The molecule has 0 spiro atoms. The van der Waals surface area contributed by atoms with E-state index in [0.717, 1.165) is 38.1 Å². The molecule has 6 nitrogen and oxygen atoms in total. The molecule has 0 unspecified atom stereocenters. The molecule has 0 saturated heterocycles. The molecule has 0 aliphatic carbocycles. The second kappa shape index (κ2) is 8.41. The topological polar surface area (TPSA) is 78.5 Å². The lowest BCUT2D eigenvalue weighted by molar-refractivity contribution is 0.0988. The molecule has 33 heavy (non-hydrogen) atoms. The van der Waals surface area contributed by atoms with Gasteiger partial charge in [0.2, 0.25) is 0 Å². The van der Waals surface area contributed by atoms with Crippen LogP contribution in [0.1, 0.15) is 40.1 Å². The van der Waals surface area contributed by atoms with E-state index in [9.17, 15) is 9.90 Å². The van der Waals surface area contributed by atoms with E-state index < -0.39 is 6.04 Å². The number of aromatic hydroxyl groups is 1. The third-order valence-electron chi connectivity index (χ3n) is 5.80. The number of carbonyl (C=O) groups excluding carboxylic acids is 1. The van der Waals surface area contributed by atoms with E-state index in [2.05, 4.69) is 26.1 Å². The first kappa shape index (κ1) is 21.3. The van der Waals surface area contributed by atoms with Gasteiger partial charge < -0.3 is 9.84 Å². The Morgan fingerprint density at radius 2 is 1.82 bits per heavy atom. The van der Waals surface area contributed by atoms with E-state index >= 15 is 0 Å². The number of carbonyl (C=O) groups is 1. The highest BCUT2D eigenvalue weighted by atomic mass is 79.9. The first-order valence-corrected chi connectivity index (χ1v) is 11.5. The van der Waals surface area contributed by atoms with Crippen LogP contribution in [0.3, 0.4) is 0 Å². The van der Waals surface area contributed by atoms with Gasteiger partial charge >= 0.3 is 0 Å². The molecule has 1 amide bonds. The predicted molar refractivity (Wildman–Crippen MR) is 131 cm³/mol. The average molecular weight is 504 g/mol. The molecule has 2 heterocycles. The maximum atomic E-state index is 13.6. The lowest BCUT2D eigenvalue weighted by atomic mass is 9.95. The van der Waals surface area contributed by atoms with Gasteiger partial charge in [0.25, 0.3) is 5.91 Å². The minimum absolute atomic E-state index is 0.0624. The van der Waals surface area contributed by atoms with Gasteiger partial charge in [-0.2, -0.15) is 5.10 Å². The first-order valence-electron chi connectivity index (χ1n) is 10.7. The zero-order valence-corrected chi connectivity index (χ0v) is 19.8. The molecular formula is C26H22BrN3O3. The van der Waals surface area contributed by atoms with Crippen molar-refractivity contribution >= 4 is 27.5 Å². The number of amides is 1. The van der Waals surface area contributed by atoms with Crippen LogP contribution in [0.2, 0.25) is 0 Å². The Morgan fingerprint density at radius 3 is 2.52 bits per heavy atom. The summed E-state index contributed by atoms with van der Waals surface area (Å²) in [6, 6.07) is 20.5. The summed E-state index contributed by atoms with van der Waals surface area (Å²) in [4.78, 5) is 15.4. The van der Waals surface area contributed by atoms with Gasteiger partial charge in [-0.15, -0.1) is 0 Å². The number of phenolic OH excluding ortho intramolecular Hbond substituents is 1. The monoisotopic (exact) mass is 503 g/mol. The number of benzene rings is 3. The van der Waals surface area contributed by atoms with E-state index in [-0.39, 0.29) is 11.7 Å². The average Bonchev–Trinajstić information content (AvgIpc) is 3.36. The van der Waals surface area contributed by atoms with Crippen LogP contribution in [0.4, 0.5) is 5.69 Å². The Labute approximate surface area is 200 Å². The SMILES string of the molecule is CCOc1cc([C@@H]2c3c(-c4ccc(Br)cc4)n[nH]c3C(=O)N2c2ccc(C)cc2)ccc1O. The molecule has 7 heteroatoms. The molecular weight excluding hydrogens is 482 g/mol. The molecule has 0 bridgehead atoms. The van der Waals surface area contributed by atoms with Crippen LogP contribution in [0.15, 0.2) is 71.2 Å². The number of hydrogen-bond acceptors (Lipinski definition) is 4. The van der Waals surface area contributed by atoms with Gasteiger partial charge in [-0.05, 0) is 55.8 Å². The number of rotatable bonds is 5. The third-order valence-corrected chi connectivity index (χ3v) is 6.33. The predicted octanol–water partition coefficient (Wildman–Crippen LogP) is 6.00. The van der Waals surface area contributed by atoms with E-state index in [0.29, 0.717) is 18.1 Å². The molecule has 1 aliphatic heterocycles. The normalized spacial score (nSPS) is 15.1. The van der Waals surface area contributed by atoms with Gasteiger partial charge in [-0.1, -0.05) is 51.8 Å². The number of H-pyrrole nitrogens is 1. The van der Waals surface area contributed by atoms with Gasteiger partial charge in [-0.25, -0.2) is 0 Å². The van der Waals surface area contributed by atoms with E-state index in [4.69, 9.17) is 4.74 Å². The van der Waals surface area contributed by atoms with Crippen molar-refractivity contribution in [1.82, 2.24) is 10.2 Å². The molecule has 1 atom stereocenters. The maximum Gasteiger partial charge on any atom is 0.277 e. The van der Waals surface area contributed by atoms with Gasteiger partial charge in [-0.3, -0.25) is 14.8 Å². The summed E-state index contributed by atoms with van der Waals surface area (Å²) < 4.78 is 6.60. The zero-order valence-electron chi connectivity index (χ0n) is 18.2. The second-order valence-corrected chi connectivity index (χ2v) is 8.86. The molecule has 1 aromatic heterocycles.